The van der Waals surface area contributed by atoms with Gasteiger partial charge >= 0.3 is 5.97 Å². The third-order valence-corrected chi connectivity index (χ3v) is 5.05. The highest BCUT2D eigenvalue weighted by atomic mass is 16.4. The van der Waals surface area contributed by atoms with Crippen LogP contribution in [-0.4, -0.2) is 36.9 Å². The number of carbonyl (C=O) groups excluding carboxylic acids is 1. The monoisotopic (exact) mass is 423 g/mol. The van der Waals surface area contributed by atoms with Crippen LogP contribution in [-0.2, 0) is 0 Å². The molecule has 0 radical (unpaired) electrons. The zero-order valence-corrected chi connectivity index (χ0v) is 16.7. The minimum Gasteiger partial charge on any atom is -0.478 e. The van der Waals surface area contributed by atoms with E-state index in [1.54, 1.807) is 36.5 Å². The number of hydrogen-bond donors (Lipinski definition) is 4. The van der Waals surface area contributed by atoms with Crippen molar-refractivity contribution in [1.82, 2.24) is 19.9 Å². The number of hydrogen-bond acceptors (Lipinski definition) is 4. The Kier molecular flexibility index (Phi) is 4.72. The summed E-state index contributed by atoms with van der Waals surface area (Å²) < 4.78 is 0. The summed E-state index contributed by atoms with van der Waals surface area (Å²) in [5.74, 6) is -0.318. The number of anilines is 1. The number of aromatic amines is 2. The SMILES string of the molecule is O=C(Nc1ccc(C(=O)O)c(-c2ncc[nH]2)c1)c1cccc(-c2nc3ccccc3[nH]2)c1. The van der Waals surface area contributed by atoms with E-state index in [9.17, 15) is 14.7 Å². The highest BCUT2D eigenvalue weighted by Crippen LogP contribution is 2.26. The van der Waals surface area contributed by atoms with Crippen LogP contribution in [0.25, 0.3) is 33.8 Å². The largest absolute Gasteiger partial charge is 0.478 e. The summed E-state index contributed by atoms with van der Waals surface area (Å²) in [5.41, 5.74) is 3.93. The average molecular weight is 423 g/mol. The third-order valence-electron chi connectivity index (χ3n) is 5.05. The van der Waals surface area contributed by atoms with Crippen molar-refractivity contribution in [3.05, 3.63) is 90.3 Å². The predicted molar refractivity (Wildman–Crippen MR) is 120 cm³/mol. The molecule has 0 fully saturated rings. The molecule has 0 atom stereocenters. The Morgan fingerprint density at radius 2 is 1.81 bits per heavy atom. The summed E-state index contributed by atoms with van der Waals surface area (Å²) >= 11 is 0. The molecule has 2 aromatic heterocycles. The number of nitrogens with zero attached hydrogens (tertiary/aromatic N) is 2. The molecular weight excluding hydrogens is 406 g/mol. The van der Waals surface area contributed by atoms with Crippen molar-refractivity contribution in [2.45, 2.75) is 0 Å². The molecule has 0 unspecified atom stereocenters. The van der Waals surface area contributed by atoms with Crippen LogP contribution in [0, 0.1) is 0 Å². The summed E-state index contributed by atoms with van der Waals surface area (Å²) in [4.78, 5) is 39.3. The number of carbonyl (C=O) groups is 2. The highest BCUT2D eigenvalue weighted by Gasteiger charge is 2.16. The van der Waals surface area contributed by atoms with Crippen molar-refractivity contribution in [2.75, 3.05) is 5.32 Å². The smallest absolute Gasteiger partial charge is 0.336 e. The zero-order chi connectivity index (χ0) is 22.1. The Bertz CT molecular complexity index is 1420. The number of para-hydroxylation sites is 2. The number of aromatic carboxylic acids is 1. The summed E-state index contributed by atoms with van der Waals surface area (Å²) in [6, 6.07) is 19.4. The number of nitrogens with one attached hydrogen (secondary N) is 3. The number of aromatic nitrogens is 4. The van der Waals surface area contributed by atoms with E-state index in [2.05, 4.69) is 25.3 Å². The lowest BCUT2D eigenvalue weighted by Crippen LogP contribution is -2.12. The standard InChI is InChI=1S/C24H17N5O3/c30-23(27-16-8-9-17(24(31)32)18(13-16)22-25-10-11-26-22)15-5-3-4-14(12-15)21-28-19-6-1-2-7-20(19)29-21/h1-13H,(H,25,26)(H,27,30)(H,28,29)(H,31,32). The number of fused-ring (bicyclic) bond motifs is 1. The van der Waals surface area contributed by atoms with Gasteiger partial charge in [-0.2, -0.15) is 0 Å². The molecule has 0 spiro atoms. The maximum absolute atomic E-state index is 12.9. The molecule has 2 heterocycles. The fourth-order valence-corrected chi connectivity index (χ4v) is 3.52. The number of carboxylic acids is 1. The normalized spacial score (nSPS) is 10.9. The van der Waals surface area contributed by atoms with Crippen molar-refractivity contribution in [3.63, 3.8) is 0 Å². The minimum atomic E-state index is -1.08. The second-order valence-electron chi connectivity index (χ2n) is 7.14. The van der Waals surface area contributed by atoms with Gasteiger partial charge in [0.25, 0.3) is 5.91 Å². The van der Waals surface area contributed by atoms with Gasteiger partial charge in [0, 0.05) is 34.8 Å². The van der Waals surface area contributed by atoms with Crippen LogP contribution in [0.5, 0.6) is 0 Å². The van der Waals surface area contributed by atoms with Gasteiger partial charge in [-0.1, -0.05) is 24.3 Å². The van der Waals surface area contributed by atoms with E-state index in [1.807, 2.05) is 30.3 Å². The number of imidazole rings is 2. The van der Waals surface area contributed by atoms with Gasteiger partial charge in [0.2, 0.25) is 0 Å². The maximum Gasteiger partial charge on any atom is 0.336 e. The van der Waals surface area contributed by atoms with E-state index in [1.165, 1.54) is 12.3 Å². The van der Waals surface area contributed by atoms with E-state index < -0.39 is 5.97 Å². The van der Waals surface area contributed by atoms with Crippen molar-refractivity contribution in [1.29, 1.82) is 0 Å². The van der Waals surface area contributed by atoms with E-state index in [4.69, 9.17) is 0 Å². The number of rotatable bonds is 5. The Hall–Kier alpha value is -4.72. The van der Waals surface area contributed by atoms with E-state index in [-0.39, 0.29) is 11.5 Å². The molecule has 0 aliphatic rings. The van der Waals surface area contributed by atoms with Crippen molar-refractivity contribution >= 4 is 28.6 Å². The Balaban J connectivity index is 1.44. The molecule has 4 N–H and O–H groups in total. The zero-order valence-electron chi connectivity index (χ0n) is 16.7. The molecule has 0 aliphatic heterocycles. The van der Waals surface area contributed by atoms with Crippen LogP contribution in [0.4, 0.5) is 5.69 Å². The van der Waals surface area contributed by atoms with Crippen LogP contribution in [0.15, 0.2) is 79.1 Å². The number of H-pyrrole nitrogens is 2. The Morgan fingerprint density at radius 1 is 0.938 bits per heavy atom. The van der Waals surface area contributed by atoms with Gasteiger partial charge in [-0.15, -0.1) is 0 Å². The number of carboxylic acid groups (broad SMARTS) is 1. The quantitative estimate of drug-likeness (QED) is 0.330. The Labute approximate surface area is 182 Å². The second kappa shape index (κ2) is 7.84. The van der Waals surface area contributed by atoms with E-state index >= 15 is 0 Å². The van der Waals surface area contributed by atoms with Crippen molar-refractivity contribution in [3.8, 4) is 22.8 Å². The molecule has 1 amide bonds. The molecule has 8 heteroatoms. The van der Waals surface area contributed by atoms with Crippen LogP contribution in [0.2, 0.25) is 0 Å². The molecule has 0 bridgehead atoms. The minimum absolute atomic E-state index is 0.0878. The fraction of sp³-hybridized carbons (Fsp3) is 0. The lowest BCUT2D eigenvalue weighted by molar-refractivity contribution is 0.0697. The molecule has 0 saturated heterocycles. The summed E-state index contributed by atoms with van der Waals surface area (Å²) in [6.45, 7) is 0. The fourth-order valence-electron chi connectivity index (χ4n) is 3.52. The van der Waals surface area contributed by atoms with Crippen molar-refractivity contribution < 1.29 is 14.7 Å². The lowest BCUT2D eigenvalue weighted by atomic mass is 10.1. The molecule has 32 heavy (non-hydrogen) atoms. The number of benzene rings is 3. The third kappa shape index (κ3) is 3.61. The van der Waals surface area contributed by atoms with Gasteiger partial charge in [0.1, 0.15) is 11.6 Å². The maximum atomic E-state index is 12.9. The summed E-state index contributed by atoms with van der Waals surface area (Å²) in [5, 5.41) is 12.3. The van der Waals surface area contributed by atoms with Crippen LogP contribution in [0.3, 0.4) is 0 Å². The molecule has 3 aromatic carbocycles. The average Bonchev–Trinajstić information content (AvgIpc) is 3.49. The summed E-state index contributed by atoms with van der Waals surface area (Å²) in [6.07, 6.45) is 3.14. The van der Waals surface area contributed by atoms with Gasteiger partial charge in [0.05, 0.1) is 16.6 Å². The molecular formula is C24H17N5O3. The molecule has 0 saturated carbocycles. The van der Waals surface area contributed by atoms with Gasteiger partial charge in [-0.25, -0.2) is 14.8 Å². The second-order valence-corrected chi connectivity index (χ2v) is 7.14. The molecule has 8 nitrogen and oxygen atoms in total. The van der Waals surface area contributed by atoms with E-state index in [0.717, 1.165) is 16.6 Å². The van der Waals surface area contributed by atoms with E-state index in [0.29, 0.717) is 28.5 Å². The van der Waals surface area contributed by atoms with Crippen LogP contribution >= 0.6 is 0 Å². The first-order chi connectivity index (χ1) is 15.6. The van der Waals surface area contributed by atoms with Crippen LogP contribution < -0.4 is 5.32 Å². The summed E-state index contributed by atoms with van der Waals surface area (Å²) in [7, 11) is 0. The molecule has 0 aliphatic carbocycles. The highest BCUT2D eigenvalue weighted by molar-refractivity contribution is 6.06. The van der Waals surface area contributed by atoms with Crippen LogP contribution in [0.1, 0.15) is 20.7 Å². The van der Waals surface area contributed by atoms with Gasteiger partial charge in [-0.3, -0.25) is 4.79 Å². The predicted octanol–water partition coefficient (Wildman–Crippen LogP) is 4.57. The van der Waals surface area contributed by atoms with Crippen molar-refractivity contribution in [2.24, 2.45) is 0 Å². The first-order valence-electron chi connectivity index (χ1n) is 9.82. The first-order valence-corrected chi connectivity index (χ1v) is 9.82. The van der Waals surface area contributed by atoms with Gasteiger partial charge in [-0.05, 0) is 42.5 Å². The molecule has 156 valence electrons. The molecule has 5 aromatic rings. The van der Waals surface area contributed by atoms with Gasteiger partial charge in [0.15, 0.2) is 0 Å². The number of amides is 1. The Morgan fingerprint density at radius 3 is 2.59 bits per heavy atom. The topological polar surface area (TPSA) is 124 Å². The lowest BCUT2D eigenvalue weighted by Gasteiger charge is -2.10. The molecule has 5 rings (SSSR count). The van der Waals surface area contributed by atoms with Gasteiger partial charge < -0.3 is 20.4 Å². The first kappa shape index (κ1) is 19.3.